The first-order valence-corrected chi connectivity index (χ1v) is 7.55. The van der Waals surface area contributed by atoms with Crippen LogP contribution in [0.25, 0.3) is 0 Å². The number of hydrogen-bond donors (Lipinski definition) is 0. The lowest BCUT2D eigenvalue weighted by molar-refractivity contribution is -0.159. The van der Waals surface area contributed by atoms with Crippen LogP contribution in [0.3, 0.4) is 0 Å². The standard InChI is InChI=1S/C15H22F2O2/c16-15(17)7-2-11(3-8-15)13(18)12-4-9-19-14(10-12)5-1-6-14/h11-12H,1-10H2. The van der Waals surface area contributed by atoms with Crippen LogP contribution in [0.15, 0.2) is 0 Å². The average Bonchev–Trinajstić information content (AvgIpc) is 2.36. The summed E-state index contributed by atoms with van der Waals surface area (Å²) in [6.07, 6.45) is 5.46. The van der Waals surface area contributed by atoms with Crippen LogP contribution in [0, 0.1) is 11.8 Å². The molecule has 2 aliphatic carbocycles. The fourth-order valence-corrected chi connectivity index (χ4v) is 3.85. The first-order chi connectivity index (χ1) is 9.00. The molecule has 2 saturated carbocycles. The van der Waals surface area contributed by atoms with E-state index in [2.05, 4.69) is 0 Å². The molecule has 0 N–H and O–H groups in total. The molecule has 0 bridgehead atoms. The Morgan fingerprint density at radius 1 is 1.00 bits per heavy atom. The molecule has 3 rings (SSSR count). The lowest BCUT2D eigenvalue weighted by atomic mass is 9.68. The Morgan fingerprint density at radius 3 is 2.26 bits per heavy atom. The minimum Gasteiger partial charge on any atom is -0.375 e. The van der Waals surface area contributed by atoms with Crippen LogP contribution in [0.5, 0.6) is 0 Å². The number of alkyl halides is 2. The monoisotopic (exact) mass is 272 g/mol. The molecule has 1 heterocycles. The lowest BCUT2D eigenvalue weighted by Crippen LogP contribution is -2.48. The maximum absolute atomic E-state index is 13.1. The summed E-state index contributed by atoms with van der Waals surface area (Å²) in [6, 6.07) is 0. The Morgan fingerprint density at radius 2 is 1.68 bits per heavy atom. The molecule has 0 aromatic carbocycles. The molecule has 0 aromatic heterocycles. The summed E-state index contributed by atoms with van der Waals surface area (Å²) in [7, 11) is 0. The molecule has 3 fully saturated rings. The van der Waals surface area contributed by atoms with Crippen molar-refractivity contribution in [1.82, 2.24) is 0 Å². The van der Waals surface area contributed by atoms with Crippen LogP contribution in [0.2, 0.25) is 0 Å². The van der Waals surface area contributed by atoms with Crippen LogP contribution < -0.4 is 0 Å². The molecule has 1 spiro atoms. The zero-order valence-corrected chi connectivity index (χ0v) is 11.3. The summed E-state index contributed by atoms with van der Waals surface area (Å²) in [5.41, 5.74) is -0.0306. The van der Waals surface area contributed by atoms with Crippen molar-refractivity contribution >= 4 is 5.78 Å². The molecular weight excluding hydrogens is 250 g/mol. The molecule has 1 atom stereocenters. The van der Waals surface area contributed by atoms with Gasteiger partial charge >= 0.3 is 0 Å². The Bertz CT molecular complexity index is 353. The predicted octanol–water partition coefficient (Wildman–Crippen LogP) is 3.73. The van der Waals surface area contributed by atoms with Gasteiger partial charge in [-0.05, 0) is 44.9 Å². The van der Waals surface area contributed by atoms with Gasteiger partial charge in [-0.15, -0.1) is 0 Å². The highest BCUT2D eigenvalue weighted by molar-refractivity contribution is 5.83. The van der Waals surface area contributed by atoms with Crippen molar-refractivity contribution < 1.29 is 18.3 Å². The summed E-state index contributed by atoms with van der Waals surface area (Å²) >= 11 is 0. The van der Waals surface area contributed by atoms with Gasteiger partial charge in [0.1, 0.15) is 5.78 Å². The summed E-state index contributed by atoms with van der Waals surface area (Å²) in [5, 5.41) is 0. The van der Waals surface area contributed by atoms with Gasteiger partial charge in [0.05, 0.1) is 5.60 Å². The highest BCUT2D eigenvalue weighted by atomic mass is 19.3. The second-order valence-corrected chi connectivity index (χ2v) is 6.61. The molecule has 1 unspecified atom stereocenters. The van der Waals surface area contributed by atoms with Crippen molar-refractivity contribution in [3.63, 3.8) is 0 Å². The second kappa shape index (κ2) is 4.80. The number of hydrogen-bond acceptors (Lipinski definition) is 2. The Hall–Kier alpha value is -0.510. The van der Waals surface area contributed by atoms with Gasteiger partial charge in [-0.2, -0.15) is 0 Å². The maximum atomic E-state index is 13.1. The Kier molecular flexibility index (Phi) is 3.40. The third-order valence-corrected chi connectivity index (χ3v) is 5.28. The quantitative estimate of drug-likeness (QED) is 0.765. The number of carbonyl (C=O) groups is 1. The Labute approximate surface area is 112 Å². The average molecular weight is 272 g/mol. The number of ketones is 1. The number of carbonyl (C=O) groups excluding carboxylic acids is 1. The van der Waals surface area contributed by atoms with Crippen LogP contribution >= 0.6 is 0 Å². The molecule has 3 aliphatic rings. The fourth-order valence-electron chi connectivity index (χ4n) is 3.85. The summed E-state index contributed by atoms with van der Waals surface area (Å²) in [5.74, 6) is -2.36. The predicted molar refractivity (Wildman–Crippen MR) is 67.2 cm³/mol. The van der Waals surface area contributed by atoms with Gasteiger partial charge in [-0.1, -0.05) is 0 Å². The summed E-state index contributed by atoms with van der Waals surface area (Å²) in [6.45, 7) is 0.666. The zero-order valence-electron chi connectivity index (χ0n) is 11.3. The van der Waals surface area contributed by atoms with Crippen LogP contribution in [0.1, 0.15) is 57.8 Å². The van der Waals surface area contributed by atoms with E-state index < -0.39 is 5.92 Å². The lowest BCUT2D eigenvalue weighted by Gasteiger charge is -2.47. The topological polar surface area (TPSA) is 26.3 Å². The molecule has 2 nitrogen and oxygen atoms in total. The van der Waals surface area contributed by atoms with E-state index in [1.165, 1.54) is 6.42 Å². The zero-order chi connectivity index (χ0) is 13.5. The van der Waals surface area contributed by atoms with Gasteiger partial charge in [0.2, 0.25) is 5.92 Å². The first kappa shape index (κ1) is 13.5. The highest BCUT2D eigenvalue weighted by Crippen LogP contribution is 2.46. The van der Waals surface area contributed by atoms with E-state index >= 15 is 0 Å². The van der Waals surface area contributed by atoms with E-state index in [-0.39, 0.29) is 36.1 Å². The second-order valence-electron chi connectivity index (χ2n) is 6.61. The molecule has 1 aliphatic heterocycles. The van der Waals surface area contributed by atoms with Crippen LogP contribution in [-0.4, -0.2) is 23.9 Å². The minimum absolute atomic E-state index is 0.0306. The largest absolute Gasteiger partial charge is 0.375 e. The van der Waals surface area contributed by atoms with Gasteiger partial charge in [0.15, 0.2) is 0 Å². The third kappa shape index (κ3) is 2.69. The van der Waals surface area contributed by atoms with E-state index in [1.54, 1.807) is 0 Å². The highest BCUT2D eigenvalue weighted by Gasteiger charge is 2.46. The van der Waals surface area contributed by atoms with Gasteiger partial charge in [0, 0.05) is 31.3 Å². The first-order valence-electron chi connectivity index (χ1n) is 7.55. The van der Waals surface area contributed by atoms with E-state index in [1.807, 2.05) is 0 Å². The van der Waals surface area contributed by atoms with Crippen molar-refractivity contribution in [2.24, 2.45) is 11.8 Å². The van der Waals surface area contributed by atoms with Crippen LogP contribution in [-0.2, 0) is 9.53 Å². The molecule has 108 valence electrons. The molecule has 0 aromatic rings. The van der Waals surface area contributed by atoms with E-state index in [0.29, 0.717) is 19.4 Å². The normalized spacial score (nSPS) is 33.9. The number of Topliss-reactive ketones (excluding diaryl/α,β-unsaturated/α-hetero) is 1. The van der Waals surface area contributed by atoms with E-state index in [0.717, 1.165) is 25.7 Å². The van der Waals surface area contributed by atoms with Crippen LogP contribution in [0.4, 0.5) is 8.78 Å². The number of ether oxygens (including phenoxy) is 1. The molecule has 1 saturated heterocycles. The smallest absolute Gasteiger partial charge is 0.248 e. The molecule has 0 radical (unpaired) electrons. The van der Waals surface area contributed by atoms with Gasteiger partial charge in [-0.25, -0.2) is 8.78 Å². The van der Waals surface area contributed by atoms with Crippen molar-refractivity contribution in [1.29, 1.82) is 0 Å². The van der Waals surface area contributed by atoms with Crippen molar-refractivity contribution in [3.8, 4) is 0 Å². The SMILES string of the molecule is O=C(C1CCC(F)(F)CC1)C1CCOC2(CCC2)C1. The Balaban J connectivity index is 1.58. The molecule has 0 amide bonds. The minimum atomic E-state index is -2.54. The fraction of sp³-hybridized carbons (Fsp3) is 0.933. The van der Waals surface area contributed by atoms with Crippen molar-refractivity contribution in [2.45, 2.75) is 69.3 Å². The third-order valence-electron chi connectivity index (χ3n) is 5.28. The number of rotatable bonds is 2. The molecule has 4 heteroatoms. The van der Waals surface area contributed by atoms with Crippen molar-refractivity contribution in [2.75, 3.05) is 6.61 Å². The van der Waals surface area contributed by atoms with Gasteiger partial charge in [-0.3, -0.25) is 4.79 Å². The van der Waals surface area contributed by atoms with Gasteiger partial charge < -0.3 is 4.74 Å². The summed E-state index contributed by atoms with van der Waals surface area (Å²) in [4.78, 5) is 12.5. The van der Waals surface area contributed by atoms with E-state index in [4.69, 9.17) is 4.74 Å². The van der Waals surface area contributed by atoms with Crippen molar-refractivity contribution in [3.05, 3.63) is 0 Å². The van der Waals surface area contributed by atoms with Gasteiger partial charge in [0.25, 0.3) is 0 Å². The number of halogens is 2. The maximum Gasteiger partial charge on any atom is 0.248 e. The molecular formula is C15H22F2O2. The van der Waals surface area contributed by atoms with E-state index in [9.17, 15) is 13.6 Å². The molecule has 19 heavy (non-hydrogen) atoms. The summed E-state index contributed by atoms with van der Waals surface area (Å²) < 4.78 is 32.1.